The van der Waals surface area contributed by atoms with E-state index in [1.165, 1.54) is 16.7 Å². The van der Waals surface area contributed by atoms with Crippen molar-refractivity contribution in [1.82, 2.24) is 15.2 Å². The summed E-state index contributed by atoms with van der Waals surface area (Å²) in [5.74, 6) is 0.790. The summed E-state index contributed by atoms with van der Waals surface area (Å²) >= 11 is 2.98. The van der Waals surface area contributed by atoms with E-state index in [9.17, 15) is 4.79 Å². The molecule has 5 rings (SSSR count). The number of aryl methyl sites for hydroxylation is 1. The topological polar surface area (TPSA) is 80.9 Å². The molecule has 2 aromatic carbocycles. The van der Waals surface area contributed by atoms with E-state index < -0.39 is 0 Å². The van der Waals surface area contributed by atoms with Crippen LogP contribution in [0.15, 0.2) is 69.1 Å². The predicted molar refractivity (Wildman–Crippen MR) is 120 cm³/mol. The molecule has 0 unspecified atom stereocenters. The zero-order chi connectivity index (χ0) is 20.3. The first-order valence-corrected chi connectivity index (χ1v) is 11.2. The van der Waals surface area contributed by atoms with Crippen molar-refractivity contribution in [1.29, 1.82) is 0 Å². The predicted octanol–water partition coefficient (Wildman–Crippen LogP) is 5.65. The summed E-state index contributed by atoms with van der Waals surface area (Å²) in [5.41, 5.74) is 2.77. The monoisotopic (exact) mass is 432 g/mol. The molecule has 1 N–H and O–H groups in total. The molecular formula is C22H16N4O2S2. The minimum atomic E-state index is -0.135. The summed E-state index contributed by atoms with van der Waals surface area (Å²) in [6, 6.07) is 16.4. The minimum absolute atomic E-state index is 0.135. The number of thiophene rings is 1. The van der Waals surface area contributed by atoms with Crippen molar-refractivity contribution in [2.45, 2.75) is 12.8 Å². The Hall–Kier alpha value is -3.36. The van der Waals surface area contributed by atoms with Crippen LogP contribution in [-0.4, -0.2) is 21.1 Å². The van der Waals surface area contributed by atoms with E-state index in [2.05, 4.69) is 44.8 Å². The second-order valence-corrected chi connectivity index (χ2v) is 8.30. The summed E-state index contributed by atoms with van der Waals surface area (Å²) in [7, 11) is 0. The first-order valence-electron chi connectivity index (χ1n) is 9.34. The maximum atomic E-state index is 12.3. The molecule has 0 atom stereocenters. The Bertz CT molecular complexity index is 1310. The zero-order valence-corrected chi connectivity index (χ0v) is 17.4. The third-order valence-corrected chi connectivity index (χ3v) is 6.04. The van der Waals surface area contributed by atoms with Gasteiger partial charge in [0.2, 0.25) is 17.7 Å². The molecule has 0 aliphatic heterocycles. The van der Waals surface area contributed by atoms with Crippen LogP contribution >= 0.6 is 22.7 Å². The lowest BCUT2D eigenvalue weighted by atomic mass is 10.1. The number of anilines is 1. The lowest BCUT2D eigenvalue weighted by Gasteiger charge is -2.01. The molecule has 0 radical (unpaired) electrons. The number of thiazole rings is 1. The molecule has 1 amide bonds. The minimum Gasteiger partial charge on any atom is -0.421 e. The summed E-state index contributed by atoms with van der Waals surface area (Å²) < 4.78 is 5.62. The summed E-state index contributed by atoms with van der Waals surface area (Å²) in [6.45, 7) is 0. The van der Waals surface area contributed by atoms with Crippen LogP contribution in [0.2, 0.25) is 0 Å². The number of benzene rings is 2. The molecule has 0 aliphatic carbocycles. The first-order chi connectivity index (χ1) is 14.7. The second-order valence-electron chi connectivity index (χ2n) is 6.66. The molecule has 0 spiro atoms. The molecule has 0 bridgehead atoms. The van der Waals surface area contributed by atoms with Gasteiger partial charge in [0.1, 0.15) is 0 Å². The van der Waals surface area contributed by atoms with Gasteiger partial charge in [-0.25, -0.2) is 4.98 Å². The van der Waals surface area contributed by atoms with Crippen molar-refractivity contribution >= 4 is 44.5 Å². The van der Waals surface area contributed by atoms with Crippen molar-refractivity contribution in [3.8, 4) is 22.7 Å². The van der Waals surface area contributed by atoms with E-state index in [0.29, 0.717) is 23.3 Å². The number of fused-ring (bicyclic) bond motifs is 1. The van der Waals surface area contributed by atoms with Crippen LogP contribution in [0.25, 0.3) is 33.5 Å². The normalized spacial score (nSPS) is 11.1. The number of hydrogen-bond acceptors (Lipinski definition) is 7. The number of aromatic nitrogens is 3. The van der Waals surface area contributed by atoms with Crippen molar-refractivity contribution in [2.24, 2.45) is 0 Å². The van der Waals surface area contributed by atoms with Crippen LogP contribution in [0.1, 0.15) is 12.3 Å². The van der Waals surface area contributed by atoms with Gasteiger partial charge in [0.25, 0.3) is 0 Å². The number of carbonyl (C=O) groups is 1. The van der Waals surface area contributed by atoms with Crippen LogP contribution < -0.4 is 5.32 Å². The third-order valence-electron chi connectivity index (χ3n) is 4.60. The fourth-order valence-electron chi connectivity index (χ4n) is 3.07. The standard InChI is InChI=1S/C22H16N4O2S2/c27-19(7-8-20-25-26-21(28-20)17-9-10-29-12-17)24-22-23-18(13-30-22)16-6-5-14-3-1-2-4-15(14)11-16/h1-6,9-13H,7-8H2,(H,23,24,27). The Balaban J connectivity index is 1.21. The molecular weight excluding hydrogens is 416 g/mol. The van der Waals surface area contributed by atoms with E-state index in [1.807, 2.05) is 40.4 Å². The highest BCUT2D eigenvalue weighted by atomic mass is 32.1. The van der Waals surface area contributed by atoms with Gasteiger partial charge in [0.05, 0.1) is 5.69 Å². The van der Waals surface area contributed by atoms with E-state index in [0.717, 1.165) is 22.2 Å². The molecule has 5 aromatic rings. The molecule has 148 valence electrons. The highest BCUT2D eigenvalue weighted by Crippen LogP contribution is 2.28. The number of amides is 1. The fraction of sp³-hybridized carbons (Fsp3) is 0.0909. The van der Waals surface area contributed by atoms with Gasteiger partial charge in [-0.2, -0.15) is 11.3 Å². The van der Waals surface area contributed by atoms with Gasteiger partial charge >= 0.3 is 0 Å². The van der Waals surface area contributed by atoms with Crippen molar-refractivity contribution in [3.05, 3.63) is 70.6 Å². The van der Waals surface area contributed by atoms with Crippen molar-refractivity contribution in [3.63, 3.8) is 0 Å². The van der Waals surface area contributed by atoms with Gasteiger partial charge in [-0.15, -0.1) is 21.5 Å². The average Bonchev–Trinajstić information content (AvgIpc) is 3.53. The maximum absolute atomic E-state index is 12.3. The molecule has 0 saturated heterocycles. The highest BCUT2D eigenvalue weighted by Gasteiger charge is 2.12. The SMILES string of the molecule is O=C(CCc1nnc(-c2ccsc2)o1)Nc1nc(-c2ccc3ccccc3c2)cs1. The van der Waals surface area contributed by atoms with Gasteiger partial charge in [-0.1, -0.05) is 36.4 Å². The molecule has 3 aromatic heterocycles. The van der Waals surface area contributed by atoms with Gasteiger partial charge in [0, 0.05) is 34.7 Å². The number of nitrogens with one attached hydrogen (secondary N) is 1. The summed E-state index contributed by atoms with van der Waals surface area (Å²) in [6.07, 6.45) is 0.627. The number of rotatable bonds is 6. The Morgan fingerprint density at radius 2 is 1.90 bits per heavy atom. The molecule has 0 saturated carbocycles. The Kier molecular flexibility index (Phi) is 5.08. The first kappa shape index (κ1) is 18.7. The summed E-state index contributed by atoms with van der Waals surface area (Å²) in [4.78, 5) is 16.9. The van der Waals surface area contributed by atoms with Crippen molar-refractivity contribution in [2.75, 3.05) is 5.32 Å². The van der Waals surface area contributed by atoms with Gasteiger partial charge in [-0.3, -0.25) is 4.79 Å². The van der Waals surface area contributed by atoms with E-state index in [4.69, 9.17) is 4.42 Å². The molecule has 8 heteroatoms. The number of hydrogen-bond donors (Lipinski definition) is 1. The molecule has 0 fully saturated rings. The van der Waals surface area contributed by atoms with Gasteiger partial charge < -0.3 is 9.73 Å². The van der Waals surface area contributed by atoms with E-state index in [1.54, 1.807) is 11.3 Å². The van der Waals surface area contributed by atoms with Crippen LogP contribution in [0.5, 0.6) is 0 Å². The second kappa shape index (κ2) is 8.17. The van der Waals surface area contributed by atoms with Gasteiger partial charge in [0.15, 0.2) is 5.13 Å². The quantitative estimate of drug-likeness (QED) is 0.375. The Morgan fingerprint density at radius 3 is 2.77 bits per heavy atom. The fourth-order valence-corrected chi connectivity index (χ4v) is 4.44. The molecule has 6 nitrogen and oxygen atoms in total. The van der Waals surface area contributed by atoms with E-state index in [-0.39, 0.29) is 12.3 Å². The van der Waals surface area contributed by atoms with E-state index >= 15 is 0 Å². The Labute approximate surface area is 180 Å². The smallest absolute Gasteiger partial charge is 0.248 e. The molecule has 0 aliphatic rings. The van der Waals surface area contributed by atoms with Crippen LogP contribution in [-0.2, 0) is 11.2 Å². The zero-order valence-electron chi connectivity index (χ0n) is 15.7. The molecule has 30 heavy (non-hydrogen) atoms. The third kappa shape index (κ3) is 4.00. The van der Waals surface area contributed by atoms with Crippen LogP contribution in [0.3, 0.4) is 0 Å². The number of nitrogens with zero attached hydrogens (tertiary/aromatic N) is 3. The van der Waals surface area contributed by atoms with Crippen LogP contribution in [0, 0.1) is 0 Å². The summed E-state index contributed by atoms with van der Waals surface area (Å²) in [5, 5.41) is 19.7. The average molecular weight is 433 g/mol. The van der Waals surface area contributed by atoms with Crippen molar-refractivity contribution < 1.29 is 9.21 Å². The van der Waals surface area contributed by atoms with Crippen LogP contribution in [0.4, 0.5) is 5.13 Å². The highest BCUT2D eigenvalue weighted by molar-refractivity contribution is 7.14. The van der Waals surface area contributed by atoms with Gasteiger partial charge in [-0.05, 0) is 28.3 Å². The Morgan fingerprint density at radius 1 is 1.00 bits per heavy atom. The molecule has 3 heterocycles. The largest absolute Gasteiger partial charge is 0.421 e. The lowest BCUT2D eigenvalue weighted by molar-refractivity contribution is -0.116. The number of carbonyl (C=O) groups excluding carboxylic acids is 1. The lowest BCUT2D eigenvalue weighted by Crippen LogP contribution is -2.12. The maximum Gasteiger partial charge on any atom is 0.248 e.